The highest BCUT2D eigenvalue weighted by Gasteiger charge is 2.18. The van der Waals surface area contributed by atoms with Crippen molar-refractivity contribution in [3.8, 4) is 0 Å². The quantitative estimate of drug-likeness (QED) is 0.808. The van der Waals surface area contributed by atoms with Gasteiger partial charge in [-0.2, -0.15) is 0 Å². The molecule has 2 aromatic rings. The third-order valence-electron chi connectivity index (χ3n) is 3.37. The van der Waals surface area contributed by atoms with Crippen molar-refractivity contribution in [1.29, 1.82) is 0 Å². The zero-order valence-corrected chi connectivity index (χ0v) is 12.0. The van der Waals surface area contributed by atoms with Gasteiger partial charge in [0.05, 0.1) is 13.2 Å². The monoisotopic (exact) mass is 319 g/mol. The molecule has 1 aliphatic rings. The molecule has 0 aromatic heterocycles. The van der Waals surface area contributed by atoms with Crippen molar-refractivity contribution in [3.63, 3.8) is 0 Å². The van der Waals surface area contributed by atoms with Gasteiger partial charge in [-0.05, 0) is 29.0 Å². The van der Waals surface area contributed by atoms with Crippen molar-refractivity contribution in [2.75, 3.05) is 26.3 Å². The summed E-state index contributed by atoms with van der Waals surface area (Å²) in [7, 11) is 0. The van der Waals surface area contributed by atoms with E-state index in [1.807, 2.05) is 41.3 Å². The van der Waals surface area contributed by atoms with E-state index >= 15 is 0 Å². The molecule has 3 rings (SSSR count). The van der Waals surface area contributed by atoms with Gasteiger partial charge in [-0.15, -0.1) is 0 Å². The number of benzene rings is 2. The van der Waals surface area contributed by atoms with Crippen molar-refractivity contribution in [2.45, 2.75) is 0 Å². The van der Waals surface area contributed by atoms with Gasteiger partial charge >= 0.3 is 0 Å². The van der Waals surface area contributed by atoms with Crippen LogP contribution in [0.25, 0.3) is 10.8 Å². The lowest BCUT2D eigenvalue weighted by atomic mass is 10.1. The summed E-state index contributed by atoms with van der Waals surface area (Å²) in [6.45, 7) is 2.61. The lowest BCUT2D eigenvalue weighted by Crippen LogP contribution is -2.40. The molecule has 1 aliphatic heterocycles. The number of ether oxygens (including phenoxy) is 1. The van der Waals surface area contributed by atoms with Crippen molar-refractivity contribution >= 4 is 32.6 Å². The number of nitrogens with zero attached hydrogens (tertiary/aromatic N) is 1. The number of fused-ring (bicyclic) bond motifs is 1. The predicted octanol–water partition coefficient (Wildman–Crippen LogP) is 3.07. The minimum Gasteiger partial charge on any atom is -0.378 e. The average molecular weight is 320 g/mol. The van der Waals surface area contributed by atoms with E-state index < -0.39 is 0 Å². The molecule has 4 heteroatoms. The summed E-state index contributed by atoms with van der Waals surface area (Å²) in [5.74, 6) is 0.0881. The maximum atomic E-state index is 12.4. The zero-order chi connectivity index (χ0) is 13.2. The second kappa shape index (κ2) is 5.31. The number of amides is 1. The summed E-state index contributed by atoms with van der Waals surface area (Å²) in [5, 5.41) is 2.20. The van der Waals surface area contributed by atoms with Crippen LogP contribution in [-0.2, 0) is 4.74 Å². The molecule has 0 unspecified atom stereocenters. The number of hydrogen-bond donors (Lipinski definition) is 0. The molecule has 1 fully saturated rings. The highest BCUT2D eigenvalue weighted by atomic mass is 79.9. The fraction of sp³-hybridized carbons (Fsp3) is 0.267. The topological polar surface area (TPSA) is 29.5 Å². The molecule has 0 bridgehead atoms. The third kappa shape index (κ3) is 2.51. The average Bonchev–Trinajstić information content (AvgIpc) is 2.47. The van der Waals surface area contributed by atoms with E-state index in [4.69, 9.17) is 4.74 Å². The number of carbonyl (C=O) groups is 1. The van der Waals surface area contributed by atoms with Crippen LogP contribution in [0.15, 0.2) is 40.9 Å². The first-order valence-corrected chi connectivity index (χ1v) is 7.10. The molecule has 3 nitrogen and oxygen atoms in total. The van der Waals surface area contributed by atoms with Crippen LogP contribution in [0.4, 0.5) is 0 Å². The van der Waals surface area contributed by atoms with E-state index in [2.05, 4.69) is 15.9 Å². The Hall–Kier alpha value is -1.39. The minimum atomic E-state index is 0.0881. The normalized spacial score (nSPS) is 15.7. The smallest absolute Gasteiger partial charge is 0.254 e. The standard InChI is InChI=1S/C15H14BrNO2/c16-14-3-1-2-11-10-12(4-5-13(11)14)15(18)17-6-8-19-9-7-17/h1-5,10H,6-9H2. The van der Waals surface area contributed by atoms with Gasteiger partial charge in [-0.1, -0.05) is 34.1 Å². The summed E-state index contributed by atoms with van der Waals surface area (Å²) in [6.07, 6.45) is 0. The Balaban J connectivity index is 1.94. The van der Waals surface area contributed by atoms with Crippen LogP contribution < -0.4 is 0 Å². The molecule has 0 atom stereocenters. The molecule has 0 saturated carbocycles. The van der Waals surface area contributed by atoms with Crippen LogP contribution in [0.3, 0.4) is 0 Å². The van der Waals surface area contributed by atoms with Crippen molar-refractivity contribution in [2.24, 2.45) is 0 Å². The summed E-state index contributed by atoms with van der Waals surface area (Å²) >= 11 is 3.52. The predicted molar refractivity (Wildman–Crippen MR) is 78.4 cm³/mol. The first-order valence-electron chi connectivity index (χ1n) is 6.31. The SMILES string of the molecule is O=C(c1ccc2c(Br)cccc2c1)N1CCOCC1. The molecular formula is C15H14BrNO2. The molecule has 0 radical (unpaired) electrons. The van der Waals surface area contributed by atoms with E-state index in [0.717, 1.165) is 20.8 Å². The molecule has 98 valence electrons. The minimum absolute atomic E-state index is 0.0881. The summed E-state index contributed by atoms with van der Waals surface area (Å²) < 4.78 is 6.32. The Kier molecular flexibility index (Phi) is 3.53. The zero-order valence-electron chi connectivity index (χ0n) is 10.4. The Morgan fingerprint density at radius 2 is 1.95 bits per heavy atom. The molecule has 1 saturated heterocycles. The van der Waals surface area contributed by atoms with E-state index in [1.54, 1.807) is 0 Å². The highest BCUT2D eigenvalue weighted by molar-refractivity contribution is 9.10. The van der Waals surface area contributed by atoms with Gasteiger partial charge in [-0.25, -0.2) is 0 Å². The van der Waals surface area contributed by atoms with E-state index in [1.165, 1.54) is 0 Å². The second-order valence-corrected chi connectivity index (χ2v) is 5.43. The maximum Gasteiger partial charge on any atom is 0.254 e. The molecule has 1 heterocycles. The Labute approximate surface area is 120 Å². The molecule has 19 heavy (non-hydrogen) atoms. The fourth-order valence-corrected chi connectivity index (χ4v) is 2.84. The summed E-state index contributed by atoms with van der Waals surface area (Å²) in [4.78, 5) is 14.2. The van der Waals surface area contributed by atoms with Gasteiger partial charge in [0.2, 0.25) is 0 Å². The number of hydrogen-bond acceptors (Lipinski definition) is 2. The van der Waals surface area contributed by atoms with Gasteiger partial charge in [0, 0.05) is 23.1 Å². The summed E-state index contributed by atoms with van der Waals surface area (Å²) in [5.41, 5.74) is 0.743. The van der Waals surface area contributed by atoms with Gasteiger partial charge in [-0.3, -0.25) is 4.79 Å². The van der Waals surface area contributed by atoms with Crippen LogP contribution in [0.5, 0.6) is 0 Å². The Morgan fingerprint density at radius 1 is 1.16 bits per heavy atom. The maximum absolute atomic E-state index is 12.4. The molecular weight excluding hydrogens is 306 g/mol. The lowest BCUT2D eigenvalue weighted by Gasteiger charge is -2.27. The summed E-state index contributed by atoms with van der Waals surface area (Å²) in [6, 6.07) is 11.9. The van der Waals surface area contributed by atoms with Crippen LogP contribution >= 0.6 is 15.9 Å². The third-order valence-corrected chi connectivity index (χ3v) is 4.06. The largest absolute Gasteiger partial charge is 0.378 e. The van der Waals surface area contributed by atoms with Gasteiger partial charge in [0.15, 0.2) is 0 Å². The van der Waals surface area contributed by atoms with Crippen molar-refractivity contribution < 1.29 is 9.53 Å². The van der Waals surface area contributed by atoms with Crippen LogP contribution in [0.1, 0.15) is 10.4 Å². The van der Waals surface area contributed by atoms with Gasteiger partial charge in [0.1, 0.15) is 0 Å². The van der Waals surface area contributed by atoms with E-state index in [9.17, 15) is 4.79 Å². The van der Waals surface area contributed by atoms with Gasteiger partial charge < -0.3 is 9.64 Å². The van der Waals surface area contributed by atoms with Crippen molar-refractivity contribution in [1.82, 2.24) is 4.90 Å². The van der Waals surface area contributed by atoms with E-state index in [0.29, 0.717) is 26.3 Å². The first-order chi connectivity index (χ1) is 9.25. The van der Waals surface area contributed by atoms with Gasteiger partial charge in [0.25, 0.3) is 5.91 Å². The molecule has 0 aliphatic carbocycles. The number of morpholine rings is 1. The Bertz CT molecular complexity index is 621. The lowest BCUT2D eigenvalue weighted by molar-refractivity contribution is 0.0303. The number of carbonyl (C=O) groups excluding carboxylic acids is 1. The molecule has 2 aromatic carbocycles. The highest BCUT2D eigenvalue weighted by Crippen LogP contribution is 2.25. The van der Waals surface area contributed by atoms with Crippen LogP contribution in [0.2, 0.25) is 0 Å². The number of rotatable bonds is 1. The van der Waals surface area contributed by atoms with Crippen LogP contribution in [0, 0.1) is 0 Å². The molecule has 0 N–H and O–H groups in total. The molecule has 0 spiro atoms. The van der Waals surface area contributed by atoms with Crippen molar-refractivity contribution in [3.05, 3.63) is 46.4 Å². The molecule has 1 amide bonds. The second-order valence-electron chi connectivity index (χ2n) is 4.58. The Morgan fingerprint density at radius 3 is 2.74 bits per heavy atom. The number of halogens is 1. The first kappa shape index (κ1) is 12.6. The fourth-order valence-electron chi connectivity index (χ4n) is 2.33. The van der Waals surface area contributed by atoms with E-state index in [-0.39, 0.29) is 5.91 Å². The van der Waals surface area contributed by atoms with Crippen LogP contribution in [-0.4, -0.2) is 37.1 Å².